The van der Waals surface area contributed by atoms with E-state index in [4.69, 9.17) is 27.6 Å². The molecule has 2 aromatic carbocycles. The fourth-order valence-corrected chi connectivity index (χ4v) is 3.13. The highest BCUT2D eigenvalue weighted by Gasteiger charge is 2.16. The molecule has 3 aromatic rings. The number of non-ortho nitro benzene ring substituents is 1. The molecule has 1 heterocycles. The second-order valence-electron chi connectivity index (χ2n) is 6.18. The summed E-state index contributed by atoms with van der Waals surface area (Å²) >= 11 is 12.2. The average molecular weight is 442 g/mol. The van der Waals surface area contributed by atoms with Gasteiger partial charge in [-0.2, -0.15) is 5.26 Å². The van der Waals surface area contributed by atoms with Gasteiger partial charge in [0.25, 0.3) is 11.6 Å². The number of anilines is 1. The van der Waals surface area contributed by atoms with Gasteiger partial charge >= 0.3 is 0 Å². The van der Waals surface area contributed by atoms with E-state index < -0.39 is 10.8 Å². The molecule has 0 fully saturated rings. The highest BCUT2D eigenvalue weighted by Crippen LogP contribution is 2.33. The predicted molar refractivity (Wildman–Crippen MR) is 114 cm³/mol. The molecule has 0 saturated carbocycles. The molecule has 0 radical (unpaired) electrons. The highest BCUT2D eigenvalue weighted by molar-refractivity contribution is 6.34. The summed E-state index contributed by atoms with van der Waals surface area (Å²) in [5, 5.41) is 23.6. The van der Waals surface area contributed by atoms with Crippen molar-refractivity contribution in [3.8, 4) is 17.4 Å². The first-order chi connectivity index (χ1) is 14.3. The molecule has 30 heavy (non-hydrogen) atoms. The van der Waals surface area contributed by atoms with Crippen molar-refractivity contribution in [2.24, 2.45) is 0 Å². The lowest BCUT2D eigenvalue weighted by atomic mass is 10.1. The fourth-order valence-electron chi connectivity index (χ4n) is 2.65. The quantitative estimate of drug-likeness (QED) is 0.225. The maximum atomic E-state index is 12.5. The average Bonchev–Trinajstić information content (AvgIpc) is 3.17. The number of hydrogen-bond acceptors (Lipinski definition) is 5. The molecule has 0 aliphatic rings. The summed E-state index contributed by atoms with van der Waals surface area (Å²) in [5.41, 5.74) is 1.12. The second kappa shape index (κ2) is 8.82. The van der Waals surface area contributed by atoms with Crippen LogP contribution >= 0.6 is 23.2 Å². The van der Waals surface area contributed by atoms with E-state index in [1.54, 1.807) is 31.2 Å². The van der Waals surface area contributed by atoms with Gasteiger partial charge in [-0.25, -0.2) is 0 Å². The van der Waals surface area contributed by atoms with Crippen molar-refractivity contribution < 1.29 is 14.1 Å². The van der Waals surface area contributed by atoms with Crippen molar-refractivity contribution in [1.29, 1.82) is 5.26 Å². The van der Waals surface area contributed by atoms with Crippen molar-refractivity contribution in [3.63, 3.8) is 0 Å². The Morgan fingerprint density at radius 1 is 1.20 bits per heavy atom. The van der Waals surface area contributed by atoms with Crippen LogP contribution in [0.25, 0.3) is 17.4 Å². The van der Waals surface area contributed by atoms with E-state index in [-0.39, 0.29) is 27.8 Å². The zero-order valence-corrected chi connectivity index (χ0v) is 17.0. The second-order valence-corrected chi connectivity index (χ2v) is 6.99. The number of furan rings is 1. The van der Waals surface area contributed by atoms with Gasteiger partial charge in [0.15, 0.2) is 0 Å². The van der Waals surface area contributed by atoms with E-state index in [2.05, 4.69) is 5.32 Å². The van der Waals surface area contributed by atoms with Crippen LogP contribution < -0.4 is 5.32 Å². The van der Waals surface area contributed by atoms with E-state index in [1.807, 2.05) is 6.07 Å². The van der Waals surface area contributed by atoms with E-state index in [9.17, 15) is 20.2 Å². The Bertz CT molecular complexity index is 1200. The fraction of sp³-hybridized carbons (Fsp3) is 0.0476. The number of benzene rings is 2. The smallest absolute Gasteiger partial charge is 0.270 e. The lowest BCUT2D eigenvalue weighted by molar-refractivity contribution is -0.384. The number of carbonyl (C=O) groups is 1. The molecule has 1 amide bonds. The molecule has 0 aliphatic heterocycles. The molecule has 0 atom stereocenters. The Kier molecular flexibility index (Phi) is 6.21. The van der Waals surface area contributed by atoms with Gasteiger partial charge < -0.3 is 9.73 Å². The Hall–Kier alpha value is -3.60. The molecular formula is C21H13Cl2N3O4. The van der Waals surface area contributed by atoms with Crippen LogP contribution in [0.2, 0.25) is 10.0 Å². The third-order valence-electron chi connectivity index (χ3n) is 4.17. The SMILES string of the molecule is Cc1cccc(Cl)c1NC(=O)/C(C#N)=C/c1ccc(-c2cc([N+](=O)[O-])ccc2Cl)o1. The van der Waals surface area contributed by atoms with Crippen molar-refractivity contribution >= 4 is 46.6 Å². The largest absolute Gasteiger partial charge is 0.457 e. The monoisotopic (exact) mass is 441 g/mol. The molecule has 0 spiro atoms. The van der Waals surface area contributed by atoms with Crippen molar-refractivity contribution in [2.75, 3.05) is 5.32 Å². The van der Waals surface area contributed by atoms with Crippen LogP contribution in [-0.4, -0.2) is 10.8 Å². The van der Waals surface area contributed by atoms with Gasteiger partial charge in [0.2, 0.25) is 0 Å². The number of amides is 1. The van der Waals surface area contributed by atoms with E-state index in [0.717, 1.165) is 5.56 Å². The number of nitrogens with zero attached hydrogens (tertiary/aromatic N) is 2. The van der Waals surface area contributed by atoms with Crippen LogP contribution in [0.15, 0.2) is 58.5 Å². The minimum Gasteiger partial charge on any atom is -0.457 e. The van der Waals surface area contributed by atoms with Crippen LogP contribution in [0.4, 0.5) is 11.4 Å². The number of nitriles is 1. The van der Waals surface area contributed by atoms with E-state index in [1.165, 1.54) is 30.3 Å². The summed E-state index contributed by atoms with van der Waals surface area (Å²) in [7, 11) is 0. The van der Waals surface area contributed by atoms with Crippen LogP contribution in [0, 0.1) is 28.4 Å². The van der Waals surface area contributed by atoms with Gasteiger partial charge in [0.1, 0.15) is 23.2 Å². The summed E-state index contributed by atoms with van der Waals surface area (Å²) in [4.78, 5) is 23.0. The van der Waals surface area contributed by atoms with Gasteiger partial charge in [-0.1, -0.05) is 35.3 Å². The summed E-state index contributed by atoms with van der Waals surface area (Å²) < 4.78 is 5.62. The molecular weight excluding hydrogens is 429 g/mol. The van der Waals surface area contributed by atoms with Crippen molar-refractivity contribution in [3.05, 3.63) is 85.6 Å². The first-order valence-corrected chi connectivity index (χ1v) is 9.28. The topological polar surface area (TPSA) is 109 Å². The molecule has 3 rings (SSSR count). The number of rotatable bonds is 5. The number of para-hydroxylation sites is 1. The number of nitro groups is 1. The third kappa shape index (κ3) is 4.51. The predicted octanol–water partition coefficient (Wildman–Crippen LogP) is 6.02. The number of halogens is 2. The van der Waals surface area contributed by atoms with Gasteiger partial charge in [0, 0.05) is 23.8 Å². The molecule has 0 aliphatic carbocycles. The summed E-state index contributed by atoms with van der Waals surface area (Å²) in [6.07, 6.45) is 1.26. The van der Waals surface area contributed by atoms with Gasteiger partial charge in [-0.3, -0.25) is 14.9 Å². The summed E-state index contributed by atoms with van der Waals surface area (Å²) in [6.45, 7) is 1.78. The number of nitrogens with one attached hydrogen (secondary N) is 1. The number of carbonyl (C=O) groups excluding carboxylic acids is 1. The normalized spacial score (nSPS) is 11.1. The number of hydrogen-bond donors (Lipinski definition) is 1. The standard InChI is InChI=1S/C21H13Cl2N3O4/c1-12-3-2-4-18(23)20(12)25-21(27)13(11-24)9-15-6-8-19(30-15)16-10-14(26(28)29)5-7-17(16)22/h2-10H,1H3,(H,25,27)/b13-9+. The molecule has 9 heteroatoms. The van der Waals surface area contributed by atoms with Gasteiger partial charge in [0.05, 0.1) is 20.7 Å². The van der Waals surface area contributed by atoms with E-state index >= 15 is 0 Å². The lowest BCUT2D eigenvalue weighted by Gasteiger charge is -2.09. The van der Waals surface area contributed by atoms with Crippen LogP contribution in [-0.2, 0) is 4.79 Å². The number of aryl methyl sites for hydroxylation is 1. The zero-order chi connectivity index (χ0) is 21.8. The molecule has 1 N–H and O–H groups in total. The lowest BCUT2D eigenvalue weighted by Crippen LogP contribution is -2.14. The first kappa shape index (κ1) is 21.1. The Balaban J connectivity index is 1.89. The summed E-state index contributed by atoms with van der Waals surface area (Å²) in [5.74, 6) is -0.190. The van der Waals surface area contributed by atoms with E-state index in [0.29, 0.717) is 16.3 Å². The van der Waals surface area contributed by atoms with Crippen molar-refractivity contribution in [1.82, 2.24) is 0 Å². The highest BCUT2D eigenvalue weighted by atomic mass is 35.5. The molecule has 0 bridgehead atoms. The van der Waals surface area contributed by atoms with Gasteiger partial charge in [-0.05, 0) is 36.8 Å². The summed E-state index contributed by atoms with van der Waals surface area (Å²) in [6, 6.07) is 14.0. The molecule has 1 aromatic heterocycles. The molecule has 7 nitrogen and oxygen atoms in total. The zero-order valence-electron chi connectivity index (χ0n) is 15.5. The Morgan fingerprint density at radius 3 is 2.63 bits per heavy atom. The first-order valence-electron chi connectivity index (χ1n) is 8.52. The van der Waals surface area contributed by atoms with Crippen LogP contribution in [0.5, 0.6) is 0 Å². The minimum absolute atomic E-state index is 0.143. The van der Waals surface area contributed by atoms with Crippen LogP contribution in [0.3, 0.4) is 0 Å². The van der Waals surface area contributed by atoms with Gasteiger partial charge in [-0.15, -0.1) is 0 Å². The maximum absolute atomic E-state index is 12.5. The Morgan fingerprint density at radius 2 is 1.97 bits per heavy atom. The number of nitro benzene ring substituents is 1. The molecule has 0 saturated heterocycles. The Labute approximate surface area is 181 Å². The van der Waals surface area contributed by atoms with Crippen molar-refractivity contribution in [2.45, 2.75) is 6.92 Å². The minimum atomic E-state index is -0.653. The molecule has 150 valence electrons. The van der Waals surface area contributed by atoms with Crippen LogP contribution in [0.1, 0.15) is 11.3 Å². The molecule has 0 unspecified atom stereocenters. The maximum Gasteiger partial charge on any atom is 0.270 e. The third-order valence-corrected chi connectivity index (χ3v) is 4.81.